The molecule has 0 heterocycles. The number of esters is 1. The first-order valence-corrected chi connectivity index (χ1v) is 5.39. The number of carbonyl (C=O) groups excluding carboxylic acids is 1. The summed E-state index contributed by atoms with van der Waals surface area (Å²) in [6.07, 6.45) is 4.66. The number of carbonyl (C=O) groups is 2. The Kier molecular flexibility index (Phi) is 14.1. The van der Waals surface area contributed by atoms with Crippen molar-refractivity contribution in [3.8, 4) is 0 Å². The zero-order chi connectivity index (χ0) is 12.1. The second-order valence-corrected chi connectivity index (χ2v) is 3.20. The second kappa shape index (κ2) is 12.9. The van der Waals surface area contributed by atoms with Crippen LogP contribution < -0.4 is 0 Å². The van der Waals surface area contributed by atoms with E-state index in [9.17, 15) is 4.79 Å². The molecule has 0 bridgehead atoms. The summed E-state index contributed by atoms with van der Waals surface area (Å²) in [5.74, 6) is -0.875. The van der Waals surface area contributed by atoms with Crippen LogP contribution in [0.3, 0.4) is 0 Å². The average molecular weight is 218 g/mol. The maximum absolute atomic E-state index is 10.9. The molecule has 4 heteroatoms. The van der Waals surface area contributed by atoms with Crippen LogP contribution in [0.2, 0.25) is 0 Å². The topological polar surface area (TPSA) is 63.6 Å². The number of rotatable bonds is 6. The largest absolute Gasteiger partial charge is 0.481 e. The second-order valence-electron chi connectivity index (χ2n) is 3.20. The minimum Gasteiger partial charge on any atom is -0.481 e. The van der Waals surface area contributed by atoms with Crippen molar-refractivity contribution in [2.45, 2.75) is 52.9 Å². The highest BCUT2D eigenvalue weighted by molar-refractivity contribution is 5.69. The molecule has 0 radical (unpaired) electrons. The lowest BCUT2D eigenvalue weighted by Crippen LogP contribution is -2.04. The number of ether oxygens (including phenoxy) is 1. The molecule has 0 spiro atoms. The van der Waals surface area contributed by atoms with Gasteiger partial charge in [-0.3, -0.25) is 9.59 Å². The molecule has 0 atom stereocenters. The Labute approximate surface area is 91.6 Å². The fraction of sp³-hybridized carbons (Fsp3) is 0.818. The van der Waals surface area contributed by atoms with Gasteiger partial charge in [0, 0.05) is 13.3 Å². The van der Waals surface area contributed by atoms with E-state index in [0.29, 0.717) is 13.0 Å². The number of aliphatic carboxylic acids is 1. The molecule has 0 aliphatic carbocycles. The lowest BCUT2D eigenvalue weighted by Gasteiger charge is -2.01. The fourth-order valence-corrected chi connectivity index (χ4v) is 0.724. The van der Waals surface area contributed by atoms with Crippen LogP contribution in [-0.4, -0.2) is 23.7 Å². The Balaban J connectivity index is 0. The van der Waals surface area contributed by atoms with Crippen LogP contribution in [0.25, 0.3) is 0 Å². The van der Waals surface area contributed by atoms with Gasteiger partial charge in [-0.2, -0.15) is 0 Å². The summed E-state index contributed by atoms with van der Waals surface area (Å²) in [5.41, 5.74) is 0. The van der Waals surface area contributed by atoms with Crippen LogP contribution in [0.1, 0.15) is 52.9 Å². The van der Waals surface area contributed by atoms with E-state index in [1.54, 1.807) is 0 Å². The van der Waals surface area contributed by atoms with Gasteiger partial charge >= 0.3 is 5.97 Å². The minimum atomic E-state index is -0.833. The molecule has 0 aromatic carbocycles. The molecule has 0 unspecified atom stereocenters. The summed E-state index contributed by atoms with van der Waals surface area (Å²) >= 11 is 0. The lowest BCUT2D eigenvalue weighted by molar-refractivity contribution is -0.143. The average Bonchev–Trinajstić information content (AvgIpc) is 2.14. The van der Waals surface area contributed by atoms with Crippen LogP contribution in [0.4, 0.5) is 0 Å². The van der Waals surface area contributed by atoms with Gasteiger partial charge in [-0.25, -0.2) is 0 Å². The maximum Gasteiger partial charge on any atom is 0.305 e. The Morgan fingerprint density at radius 1 is 1.13 bits per heavy atom. The molecule has 0 saturated heterocycles. The summed E-state index contributed by atoms with van der Waals surface area (Å²) in [7, 11) is 0. The van der Waals surface area contributed by atoms with Crippen molar-refractivity contribution in [3.63, 3.8) is 0 Å². The number of carboxylic acid groups (broad SMARTS) is 1. The van der Waals surface area contributed by atoms with E-state index in [4.69, 9.17) is 14.6 Å². The zero-order valence-corrected chi connectivity index (χ0v) is 9.91. The highest BCUT2D eigenvalue weighted by Crippen LogP contribution is 1.97. The first-order chi connectivity index (χ1) is 7.04. The molecule has 0 fully saturated rings. The van der Waals surface area contributed by atoms with E-state index >= 15 is 0 Å². The molecular formula is C11H22O4. The molecule has 15 heavy (non-hydrogen) atoms. The highest BCUT2D eigenvalue weighted by Gasteiger charge is 1.99. The molecule has 0 rings (SSSR count). The standard InChI is InChI=1S/C9H18O2.C2H4O2/c1-3-5-7-9(10)11-8-6-4-2;1-2(3)4/h3-8H2,1-2H3;1H3,(H,3,4). The number of unbranched alkanes of at least 4 members (excludes halogenated alkanes) is 2. The summed E-state index contributed by atoms with van der Waals surface area (Å²) in [5, 5.41) is 7.42. The molecule has 0 aromatic heterocycles. The van der Waals surface area contributed by atoms with E-state index < -0.39 is 5.97 Å². The number of hydrogen-bond donors (Lipinski definition) is 1. The van der Waals surface area contributed by atoms with Gasteiger partial charge in [0.1, 0.15) is 0 Å². The van der Waals surface area contributed by atoms with Crippen molar-refractivity contribution in [3.05, 3.63) is 0 Å². The maximum atomic E-state index is 10.9. The van der Waals surface area contributed by atoms with Gasteiger partial charge in [-0.15, -0.1) is 0 Å². The predicted octanol–water partition coefficient (Wildman–Crippen LogP) is 2.61. The summed E-state index contributed by atoms with van der Waals surface area (Å²) < 4.78 is 4.95. The smallest absolute Gasteiger partial charge is 0.305 e. The molecular weight excluding hydrogens is 196 g/mol. The molecule has 4 nitrogen and oxygen atoms in total. The Hall–Kier alpha value is -1.06. The first kappa shape index (κ1) is 16.4. The van der Waals surface area contributed by atoms with Crippen LogP contribution in [0.15, 0.2) is 0 Å². The highest BCUT2D eigenvalue weighted by atomic mass is 16.5. The van der Waals surface area contributed by atoms with Gasteiger partial charge in [0.25, 0.3) is 5.97 Å². The van der Waals surface area contributed by atoms with E-state index in [2.05, 4.69) is 13.8 Å². The van der Waals surface area contributed by atoms with Crippen molar-refractivity contribution in [2.75, 3.05) is 6.61 Å². The molecule has 1 N–H and O–H groups in total. The van der Waals surface area contributed by atoms with E-state index in [-0.39, 0.29) is 5.97 Å². The Bertz CT molecular complexity index is 162. The SMILES string of the molecule is CC(=O)O.CCCCOC(=O)CCCC. The van der Waals surface area contributed by atoms with Crippen molar-refractivity contribution in [1.29, 1.82) is 0 Å². The molecule has 0 aliphatic heterocycles. The predicted molar refractivity (Wildman–Crippen MR) is 58.7 cm³/mol. The first-order valence-electron chi connectivity index (χ1n) is 5.39. The normalized spacial score (nSPS) is 8.73. The van der Waals surface area contributed by atoms with Crippen molar-refractivity contribution >= 4 is 11.9 Å². The molecule has 0 aromatic rings. The van der Waals surface area contributed by atoms with Crippen molar-refractivity contribution in [2.24, 2.45) is 0 Å². The van der Waals surface area contributed by atoms with E-state index in [1.807, 2.05) is 0 Å². The van der Waals surface area contributed by atoms with Crippen LogP contribution in [0, 0.1) is 0 Å². The summed E-state index contributed by atoms with van der Waals surface area (Å²) in [6.45, 7) is 5.83. The summed E-state index contributed by atoms with van der Waals surface area (Å²) in [6, 6.07) is 0. The zero-order valence-electron chi connectivity index (χ0n) is 9.91. The van der Waals surface area contributed by atoms with Gasteiger partial charge in [0.2, 0.25) is 0 Å². The fourth-order valence-electron chi connectivity index (χ4n) is 0.724. The molecule has 0 amide bonds. The third-order valence-electron chi connectivity index (χ3n) is 1.50. The van der Waals surface area contributed by atoms with E-state index in [0.717, 1.165) is 32.6 Å². The quantitative estimate of drug-likeness (QED) is 0.550. The van der Waals surface area contributed by atoms with Crippen LogP contribution in [0.5, 0.6) is 0 Å². The number of carboxylic acids is 1. The molecule has 0 aliphatic rings. The monoisotopic (exact) mass is 218 g/mol. The van der Waals surface area contributed by atoms with Crippen molar-refractivity contribution < 1.29 is 19.4 Å². The Morgan fingerprint density at radius 3 is 2.00 bits per heavy atom. The third kappa shape index (κ3) is 24.6. The molecule has 0 saturated carbocycles. The van der Waals surface area contributed by atoms with Gasteiger partial charge in [-0.05, 0) is 12.8 Å². The minimum absolute atomic E-state index is 0.0414. The van der Waals surface area contributed by atoms with Gasteiger partial charge in [0.05, 0.1) is 6.61 Å². The number of hydrogen-bond acceptors (Lipinski definition) is 3. The van der Waals surface area contributed by atoms with E-state index in [1.165, 1.54) is 0 Å². The molecule has 90 valence electrons. The van der Waals surface area contributed by atoms with Gasteiger partial charge in [0.15, 0.2) is 0 Å². The van der Waals surface area contributed by atoms with Crippen LogP contribution in [-0.2, 0) is 14.3 Å². The van der Waals surface area contributed by atoms with Gasteiger partial charge in [-0.1, -0.05) is 26.7 Å². The lowest BCUT2D eigenvalue weighted by atomic mass is 10.2. The van der Waals surface area contributed by atoms with Crippen LogP contribution >= 0.6 is 0 Å². The third-order valence-corrected chi connectivity index (χ3v) is 1.50. The van der Waals surface area contributed by atoms with Gasteiger partial charge < -0.3 is 9.84 Å². The van der Waals surface area contributed by atoms with Crippen molar-refractivity contribution in [1.82, 2.24) is 0 Å². The summed E-state index contributed by atoms with van der Waals surface area (Å²) in [4.78, 5) is 19.9. The Morgan fingerprint density at radius 2 is 1.60 bits per heavy atom.